The number of primary amides is 1. The van der Waals surface area contributed by atoms with Crippen LogP contribution >= 0.6 is 0 Å². The van der Waals surface area contributed by atoms with E-state index < -0.39 is 12.0 Å². The highest BCUT2D eigenvalue weighted by atomic mass is 16.5. The molecule has 0 bridgehead atoms. The SMILES string of the molecule is Cc1c(C)c2c(c(C)c1OC(C)C(N)=O)CC[C@@H](CCC[C@H](C)CCC[C@H](C)CCCC(C)C)O2. The van der Waals surface area contributed by atoms with Gasteiger partial charge in [-0.2, -0.15) is 0 Å². The number of rotatable bonds is 15. The van der Waals surface area contributed by atoms with Crippen LogP contribution < -0.4 is 15.2 Å². The number of benzene rings is 1. The molecule has 1 amide bonds. The van der Waals surface area contributed by atoms with Gasteiger partial charge in [-0.25, -0.2) is 0 Å². The quantitative estimate of drug-likeness (QED) is 0.273. The molecule has 0 saturated carbocycles. The largest absolute Gasteiger partial charge is 0.490 e. The van der Waals surface area contributed by atoms with Crippen molar-refractivity contribution < 1.29 is 14.3 Å². The molecule has 2 N–H and O–H groups in total. The topological polar surface area (TPSA) is 61.5 Å². The molecule has 1 aliphatic rings. The van der Waals surface area contributed by atoms with E-state index in [0.717, 1.165) is 65.2 Å². The van der Waals surface area contributed by atoms with Crippen LogP contribution in [0.3, 0.4) is 0 Å². The fourth-order valence-corrected chi connectivity index (χ4v) is 5.43. The van der Waals surface area contributed by atoms with Crippen molar-refractivity contribution in [1.29, 1.82) is 0 Å². The van der Waals surface area contributed by atoms with Gasteiger partial charge in [0, 0.05) is 5.56 Å². The molecule has 4 atom stereocenters. The van der Waals surface area contributed by atoms with Crippen molar-refractivity contribution in [2.75, 3.05) is 0 Å². The van der Waals surface area contributed by atoms with Crippen LogP contribution in [0.1, 0.15) is 121 Å². The Balaban J connectivity index is 1.79. The number of hydrogen-bond donors (Lipinski definition) is 1. The second-order valence-electron chi connectivity index (χ2n) is 11.8. The van der Waals surface area contributed by atoms with Gasteiger partial charge in [0.15, 0.2) is 6.10 Å². The Kier molecular flexibility index (Phi) is 11.9. The Labute approximate surface area is 215 Å². The van der Waals surface area contributed by atoms with Crippen molar-refractivity contribution in [1.82, 2.24) is 0 Å². The van der Waals surface area contributed by atoms with Crippen molar-refractivity contribution in [3.05, 3.63) is 22.3 Å². The molecular formula is C31H53NO3. The maximum Gasteiger partial charge on any atom is 0.258 e. The summed E-state index contributed by atoms with van der Waals surface area (Å²) in [6, 6.07) is 0. The van der Waals surface area contributed by atoms with E-state index in [1.165, 1.54) is 56.9 Å². The van der Waals surface area contributed by atoms with E-state index in [0.29, 0.717) is 6.10 Å². The Morgan fingerprint density at radius 3 is 2.03 bits per heavy atom. The van der Waals surface area contributed by atoms with Crippen molar-refractivity contribution in [2.24, 2.45) is 23.5 Å². The normalized spacial score (nSPS) is 18.0. The van der Waals surface area contributed by atoms with Crippen molar-refractivity contribution in [3.63, 3.8) is 0 Å². The fourth-order valence-electron chi connectivity index (χ4n) is 5.43. The molecule has 1 aliphatic heterocycles. The maximum absolute atomic E-state index is 11.5. The van der Waals surface area contributed by atoms with Gasteiger partial charge in [-0.15, -0.1) is 0 Å². The summed E-state index contributed by atoms with van der Waals surface area (Å²) < 4.78 is 12.5. The van der Waals surface area contributed by atoms with E-state index in [9.17, 15) is 4.79 Å². The average molecular weight is 488 g/mol. The third-order valence-corrected chi connectivity index (χ3v) is 8.10. The highest BCUT2D eigenvalue weighted by molar-refractivity contribution is 5.79. The van der Waals surface area contributed by atoms with E-state index in [1.54, 1.807) is 6.92 Å². The minimum atomic E-state index is -0.641. The summed E-state index contributed by atoms with van der Waals surface area (Å²) in [6.45, 7) is 17.4. The van der Waals surface area contributed by atoms with Crippen molar-refractivity contribution >= 4 is 5.91 Å². The van der Waals surface area contributed by atoms with Crippen LogP contribution in [0.4, 0.5) is 0 Å². The number of fused-ring (bicyclic) bond motifs is 1. The molecule has 0 fully saturated rings. The predicted octanol–water partition coefficient (Wildman–Crippen LogP) is 8.00. The van der Waals surface area contributed by atoms with E-state index in [-0.39, 0.29) is 0 Å². The summed E-state index contributed by atoms with van der Waals surface area (Å²) in [6.07, 6.45) is 13.6. The standard InChI is InChI=1S/C31H53NO3/c1-20(2)12-9-13-21(3)14-10-15-22(4)16-11-17-27-18-19-28-25(7)29(34-26(8)31(32)33)23(5)24(6)30(28)35-27/h20-22,26-27H,9-19H2,1-8H3,(H2,32,33)/t21-,22-,26?,27-/m1/s1. The van der Waals surface area contributed by atoms with Crippen molar-refractivity contribution in [2.45, 2.75) is 138 Å². The van der Waals surface area contributed by atoms with Crippen LogP contribution in [0.25, 0.3) is 0 Å². The molecule has 0 aromatic heterocycles. The second kappa shape index (κ2) is 14.1. The van der Waals surface area contributed by atoms with E-state index in [2.05, 4.69) is 41.5 Å². The predicted molar refractivity (Wildman–Crippen MR) is 147 cm³/mol. The molecule has 0 aliphatic carbocycles. The van der Waals surface area contributed by atoms with Gasteiger partial charge in [0.2, 0.25) is 0 Å². The molecule has 1 aromatic rings. The van der Waals surface area contributed by atoms with E-state index >= 15 is 0 Å². The summed E-state index contributed by atoms with van der Waals surface area (Å²) in [4.78, 5) is 11.5. The lowest BCUT2D eigenvalue weighted by molar-refractivity contribution is -0.124. The molecular weight excluding hydrogens is 434 g/mol. The van der Waals surface area contributed by atoms with Crippen molar-refractivity contribution in [3.8, 4) is 11.5 Å². The molecule has 1 unspecified atom stereocenters. The van der Waals surface area contributed by atoms with Crippen LogP contribution in [0.5, 0.6) is 11.5 Å². The third kappa shape index (κ3) is 9.03. The molecule has 35 heavy (non-hydrogen) atoms. The lowest BCUT2D eigenvalue weighted by atomic mass is 9.89. The first-order chi connectivity index (χ1) is 16.5. The first-order valence-corrected chi connectivity index (χ1v) is 14.3. The number of carbonyl (C=O) groups is 1. The maximum atomic E-state index is 11.5. The number of amides is 1. The van der Waals surface area contributed by atoms with Crippen LogP contribution in [-0.4, -0.2) is 18.1 Å². The van der Waals surface area contributed by atoms with Gasteiger partial charge >= 0.3 is 0 Å². The fraction of sp³-hybridized carbons (Fsp3) is 0.774. The number of carbonyl (C=O) groups excluding carboxylic acids is 1. The average Bonchev–Trinajstić information content (AvgIpc) is 2.79. The first-order valence-electron chi connectivity index (χ1n) is 14.3. The molecule has 1 aromatic carbocycles. The summed E-state index contributed by atoms with van der Waals surface area (Å²) in [5.74, 6) is 3.89. The summed E-state index contributed by atoms with van der Waals surface area (Å²) >= 11 is 0. The Hall–Kier alpha value is -1.71. The molecule has 0 radical (unpaired) electrons. The summed E-state index contributed by atoms with van der Waals surface area (Å²) in [7, 11) is 0. The molecule has 0 saturated heterocycles. The highest BCUT2D eigenvalue weighted by Crippen LogP contribution is 2.42. The second-order valence-corrected chi connectivity index (χ2v) is 11.8. The minimum absolute atomic E-state index is 0.296. The zero-order chi connectivity index (χ0) is 26.1. The van der Waals surface area contributed by atoms with Gasteiger partial charge in [-0.3, -0.25) is 4.79 Å². The van der Waals surface area contributed by atoms with Gasteiger partial charge in [0.1, 0.15) is 11.5 Å². The van der Waals surface area contributed by atoms with E-state index in [4.69, 9.17) is 15.2 Å². The van der Waals surface area contributed by atoms with Gasteiger partial charge in [0.05, 0.1) is 6.10 Å². The van der Waals surface area contributed by atoms with Crippen LogP contribution in [-0.2, 0) is 11.2 Å². The third-order valence-electron chi connectivity index (χ3n) is 8.10. The number of ether oxygens (including phenoxy) is 2. The number of nitrogens with two attached hydrogens (primary N) is 1. The van der Waals surface area contributed by atoms with Gasteiger partial charge in [-0.05, 0) is 87.8 Å². The lowest BCUT2D eigenvalue weighted by Gasteiger charge is -2.31. The minimum Gasteiger partial charge on any atom is -0.490 e. The summed E-state index contributed by atoms with van der Waals surface area (Å²) in [5.41, 5.74) is 9.90. The van der Waals surface area contributed by atoms with Gasteiger partial charge in [0.25, 0.3) is 5.91 Å². The summed E-state index contributed by atoms with van der Waals surface area (Å²) in [5, 5.41) is 0. The molecule has 4 heteroatoms. The molecule has 200 valence electrons. The smallest absolute Gasteiger partial charge is 0.258 e. The van der Waals surface area contributed by atoms with Crippen LogP contribution in [0.2, 0.25) is 0 Å². The first kappa shape index (κ1) is 29.5. The lowest BCUT2D eigenvalue weighted by Crippen LogP contribution is -2.31. The molecule has 4 nitrogen and oxygen atoms in total. The number of hydrogen-bond acceptors (Lipinski definition) is 3. The van der Waals surface area contributed by atoms with Crippen LogP contribution in [0, 0.1) is 38.5 Å². The highest BCUT2D eigenvalue weighted by Gasteiger charge is 2.27. The van der Waals surface area contributed by atoms with Crippen LogP contribution in [0.15, 0.2) is 0 Å². The zero-order valence-corrected chi connectivity index (χ0v) is 24.0. The van der Waals surface area contributed by atoms with Gasteiger partial charge < -0.3 is 15.2 Å². The monoisotopic (exact) mass is 487 g/mol. The molecule has 2 rings (SSSR count). The molecule has 0 spiro atoms. The van der Waals surface area contributed by atoms with E-state index in [1.807, 2.05) is 6.92 Å². The van der Waals surface area contributed by atoms with Gasteiger partial charge in [-0.1, -0.05) is 72.6 Å². The Morgan fingerprint density at radius 1 is 0.886 bits per heavy atom. The molecule has 1 heterocycles. The Bertz CT molecular complexity index is 816. The Morgan fingerprint density at radius 2 is 1.46 bits per heavy atom. The zero-order valence-electron chi connectivity index (χ0n) is 24.0.